The standard InChI is InChI=1S/C41H40N2O5/c1-2-46-37(44)28-47-35-22-20-29(21-23-35)24-25-42-40(45)34-18-11-12-30(27-34)26-33-17-9-10-19-36(33)41-43-38(31-13-5-3-6-14-31)39(48-41)32-15-7-4-8-16-32/h3-8,11-16,18-23,27,33H,2,9-10,17,24-26,28H2,1H3,(H,42,45). The summed E-state index contributed by atoms with van der Waals surface area (Å²) in [6.07, 6.45) is 6.86. The number of nitrogens with one attached hydrogen (secondary N) is 1. The number of carbonyl (C=O) groups excluding carboxylic acids is 2. The molecule has 1 aliphatic rings. The molecule has 0 aliphatic heterocycles. The number of nitrogens with zero attached hydrogens (tertiary/aromatic N) is 1. The lowest BCUT2D eigenvalue weighted by atomic mass is 9.83. The van der Waals surface area contributed by atoms with E-state index in [2.05, 4.69) is 41.7 Å². The molecule has 1 N–H and O–H groups in total. The van der Waals surface area contributed by atoms with E-state index in [4.69, 9.17) is 18.9 Å². The van der Waals surface area contributed by atoms with Crippen LogP contribution in [0.25, 0.3) is 28.2 Å². The van der Waals surface area contributed by atoms with Crippen molar-refractivity contribution in [3.63, 3.8) is 0 Å². The van der Waals surface area contributed by atoms with Crippen molar-refractivity contribution in [2.45, 2.75) is 39.0 Å². The van der Waals surface area contributed by atoms with Crippen LogP contribution in [0.15, 0.2) is 120 Å². The first kappa shape index (κ1) is 32.5. The maximum atomic E-state index is 13.1. The Labute approximate surface area is 281 Å². The van der Waals surface area contributed by atoms with Gasteiger partial charge in [0.1, 0.15) is 11.4 Å². The molecule has 1 aliphatic carbocycles. The molecule has 7 heteroatoms. The minimum Gasteiger partial charge on any atom is -0.482 e. The number of carbonyl (C=O) groups is 2. The van der Waals surface area contributed by atoms with Crippen LogP contribution in [-0.2, 0) is 22.4 Å². The minimum absolute atomic E-state index is 0.0987. The molecule has 7 nitrogen and oxygen atoms in total. The Morgan fingerprint density at radius 2 is 1.62 bits per heavy atom. The van der Waals surface area contributed by atoms with Crippen molar-refractivity contribution >= 4 is 17.4 Å². The number of benzene rings is 4. The van der Waals surface area contributed by atoms with E-state index in [0.717, 1.165) is 65.0 Å². The molecule has 0 spiro atoms. The molecule has 0 fully saturated rings. The zero-order chi connectivity index (χ0) is 33.1. The van der Waals surface area contributed by atoms with Gasteiger partial charge in [-0.2, -0.15) is 0 Å². The van der Waals surface area contributed by atoms with Crippen molar-refractivity contribution in [3.8, 4) is 28.3 Å². The third-order valence-corrected chi connectivity index (χ3v) is 8.47. The van der Waals surface area contributed by atoms with E-state index < -0.39 is 5.97 Å². The Morgan fingerprint density at radius 3 is 2.38 bits per heavy atom. The number of esters is 1. The number of oxazole rings is 1. The first-order valence-electron chi connectivity index (χ1n) is 16.6. The number of ether oxygens (including phenoxy) is 2. The zero-order valence-corrected chi connectivity index (χ0v) is 27.2. The second kappa shape index (κ2) is 15.9. The van der Waals surface area contributed by atoms with Gasteiger partial charge in [-0.15, -0.1) is 0 Å². The van der Waals surface area contributed by atoms with Crippen molar-refractivity contribution < 1.29 is 23.5 Å². The summed E-state index contributed by atoms with van der Waals surface area (Å²) in [5.41, 5.74) is 6.81. The summed E-state index contributed by atoms with van der Waals surface area (Å²) >= 11 is 0. The molecular weight excluding hydrogens is 600 g/mol. The van der Waals surface area contributed by atoms with E-state index in [0.29, 0.717) is 36.8 Å². The van der Waals surface area contributed by atoms with Gasteiger partial charge < -0.3 is 19.2 Å². The normalized spacial score (nSPS) is 14.2. The van der Waals surface area contributed by atoms with Gasteiger partial charge in [-0.3, -0.25) is 4.79 Å². The molecule has 0 saturated heterocycles. The predicted molar refractivity (Wildman–Crippen MR) is 187 cm³/mol. The molecule has 4 aromatic carbocycles. The van der Waals surface area contributed by atoms with Gasteiger partial charge in [0, 0.05) is 28.8 Å². The van der Waals surface area contributed by atoms with Gasteiger partial charge in [0.25, 0.3) is 5.91 Å². The van der Waals surface area contributed by atoms with Crippen molar-refractivity contribution in [1.82, 2.24) is 10.3 Å². The van der Waals surface area contributed by atoms with Crippen LogP contribution in [0.1, 0.15) is 53.6 Å². The number of allylic oxidation sites excluding steroid dienone is 2. The average molecular weight is 641 g/mol. The molecule has 0 bridgehead atoms. The maximum absolute atomic E-state index is 13.1. The Bertz CT molecular complexity index is 1790. The highest BCUT2D eigenvalue weighted by Gasteiger charge is 2.26. The minimum atomic E-state index is -0.395. The lowest BCUT2D eigenvalue weighted by Crippen LogP contribution is -2.25. The number of aromatic nitrogens is 1. The number of hydrogen-bond acceptors (Lipinski definition) is 6. The van der Waals surface area contributed by atoms with Gasteiger partial charge in [0.05, 0.1) is 6.61 Å². The van der Waals surface area contributed by atoms with Gasteiger partial charge >= 0.3 is 5.97 Å². The largest absolute Gasteiger partial charge is 0.482 e. The first-order valence-corrected chi connectivity index (χ1v) is 16.6. The van der Waals surface area contributed by atoms with Crippen LogP contribution in [0, 0.1) is 5.92 Å². The molecule has 5 aromatic rings. The first-order chi connectivity index (χ1) is 23.6. The molecule has 0 saturated carbocycles. The quantitative estimate of drug-likeness (QED) is 0.130. The fraction of sp³-hybridized carbons (Fsp3) is 0.244. The summed E-state index contributed by atoms with van der Waals surface area (Å²) in [6.45, 7) is 2.46. The van der Waals surface area contributed by atoms with E-state index in [1.165, 1.54) is 0 Å². The van der Waals surface area contributed by atoms with Crippen LogP contribution < -0.4 is 10.1 Å². The Balaban J connectivity index is 1.10. The van der Waals surface area contributed by atoms with Crippen molar-refractivity contribution in [3.05, 3.63) is 138 Å². The van der Waals surface area contributed by atoms with Gasteiger partial charge in [-0.05, 0) is 80.3 Å². The van der Waals surface area contributed by atoms with E-state index >= 15 is 0 Å². The molecule has 1 atom stereocenters. The maximum Gasteiger partial charge on any atom is 0.344 e. The second-order valence-electron chi connectivity index (χ2n) is 11.9. The highest BCUT2D eigenvalue weighted by atomic mass is 16.6. The summed E-state index contributed by atoms with van der Waals surface area (Å²) < 4.78 is 16.9. The van der Waals surface area contributed by atoms with Crippen molar-refractivity contribution in [2.24, 2.45) is 5.92 Å². The lowest BCUT2D eigenvalue weighted by molar-refractivity contribution is -0.145. The van der Waals surface area contributed by atoms with Crippen LogP contribution in [0.3, 0.4) is 0 Å². The van der Waals surface area contributed by atoms with Gasteiger partial charge in [-0.1, -0.05) is 91.0 Å². The fourth-order valence-corrected chi connectivity index (χ4v) is 6.08. The molecule has 48 heavy (non-hydrogen) atoms. The molecule has 1 unspecified atom stereocenters. The monoisotopic (exact) mass is 640 g/mol. The fourth-order valence-electron chi connectivity index (χ4n) is 6.08. The van der Waals surface area contributed by atoms with Crippen LogP contribution >= 0.6 is 0 Å². The number of rotatable bonds is 13. The zero-order valence-electron chi connectivity index (χ0n) is 27.2. The summed E-state index contributed by atoms with van der Waals surface area (Å²) in [5.74, 6) is 1.78. The van der Waals surface area contributed by atoms with E-state index in [1.54, 1.807) is 6.92 Å². The Kier molecular flexibility index (Phi) is 10.8. The molecule has 0 radical (unpaired) electrons. The van der Waals surface area contributed by atoms with Crippen LogP contribution in [0.2, 0.25) is 0 Å². The van der Waals surface area contributed by atoms with Gasteiger partial charge in [0.15, 0.2) is 12.4 Å². The molecule has 1 aromatic heterocycles. The number of hydrogen-bond donors (Lipinski definition) is 1. The second-order valence-corrected chi connectivity index (χ2v) is 11.9. The van der Waals surface area contributed by atoms with Crippen molar-refractivity contribution in [2.75, 3.05) is 19.8 Å². The molecular formula is C41H40N2O5. The number of amides is 1. The van der Waals surface area contributed by atoms with E-state index in [-0.39, 0.29) is 18.4 Å². The molecule has 1 heterocycles. The third kappa shape index (κ3) is 8.28. The lowest BCUT2D eigenvalue weighted by Gasteiger charge is -2.22. The van der Waals surface area contributed by atoms with Crippen LogP contribution in [0.4, 0.5) is 0 Å². The topological polar surface area (TPSA) is 90.7 Å². The predicted octanol–water partition coefficient (Wildman–Crippen LogP) is 8.35. The van der Waals surface area contributed by atoms with Crippen molar-refractivity contribution in [1.29, 1.82) is 0 Å². The summed E-state index contributed by atoms with van der Waals surface area (Å²) in [6, 6.07) is 35.7. The molecule has 6 rings (SSSR count). The van der Waals surface area contributed by atoms with Crippen LogP contribution in [-0.4, -0.2) is 36.6 Å². The summed E-state index contributed by atoms with van der Waals surface area (Å²) in [4.78, 5) is 29.7. The SMILES string of the molecule is CCOC(=O)COc1ccc(CCNC(=O)c2cccc(CC3CCCC=C3c3nc(-c4ccccc4)c(-c4ccccc4)o3)c2)cc1. The molecule has 244 valence electrons. The molecule has 1 amide bonds. The summed E-state index contributed by atoms with van der Waals surface area (Å²) in [7, 11) is 0. The third-order valence-electron chi connectivity index (χ3n) is 8.47. The highest BCUT2D eigenvalue weighted by Crippen LogP contribution is 2.40. The summed E-state index contributed by atoms with van der Waals surface area (Å²) in [5, 5.41) is 3.05. The van der Waals surface area contributed by atoms with E-state index in [1.807, 2.05) is 78.9 Å². The Morgan fingerprint density at radius 1 is 0.875 bits per heavy atom. The van der Waals surface area contributed by atoms with Gasteiger partial charge in [0.2, 0.25) is 5.89 Å². The Hall–Kier alpha value is -5.43. The van der Waals surface area contributed by atoms with E-state index in [9.17, 15) is 9.59 Å². The average Bonchev–Trinajstić information content (AvgIpc) is 3.58. The van der Waals surface area contributed by atoms with Gasteiger partial charge in [-0.25, -0.2) is 9.78 Å². The van der Waals surface area contributed by atoms with Crippen LogP contribution in [0.5, 0.6) is 5.75 Å². The highest BCUT2D eigenvalue weighted by molar-refractivity contribution is 5.94. The smallest absolute Gasteiger partial charge is 0.344 e.